The van der Waals surface area contributed by atoms with E-state index in [1.807, 2.05) is 18.2 Å². The highest BCUT2D eigenvalue weighted by molar-refractivity contribution is 5.79. The smallest absolute Gasteiger partial charge is 0.229 e. The summed E-state index contributed by atoms with van der Waals surface area (Å²) in [5.74, 6) is 1.16. The van der Waals surface area contributed by atoms with Gasteiger partial charge in [-0.2, -0.15) is 0 Å². The third-order valence-electron chi connectivity index (χ3n) is 5.91. The minimum Gasteiger partial charge on any atom is -0.492 e. The van der Waals surface area contributed by atoms with Gasteiger partial charge in [0.15, 0.2) is 0 Å². The zero-order valence-corrected chi connectivity index (χ0v) is 16.6. The van der Waals surface area contributed by atoms with E-state index in [4.69, 9.17) is 4.74 Å². The van der Waals surface area contributed by atoms with E-state index in [-0.39, 0.29) is 11.8 Å². The van der Waals surface area contributed by atoms with E-state index in [1.54, 1.807) is 0 Å². The molecule has 28 heavy (non-hydrogen) atoms. The number of para-hydroxylation sites is 1. The number of nitrogens with zero attached hydrogens (tertiary/aromatic N) is 2. The molecule has 0 aromatic heterocycles. The number of rotatable bonds is 5. The molecule has 2 aliphatic heterocycles. The van der Waals surface area contributed by atoms with Gasteiger partial charge in [0.05, 0.1) is 5.92 Å². The van der Waals surface area contributed by atoms with Crippen LogP contribution in [0.25, 0.3) is 0 Å². The molecule has 2 aromatic carbocycles. The summed E-state index contributed by atoms with van der Waals surface area (Å²) in [7, 11) is 0. The second-order valence-corrected chi connectivity index (χ2v) is 7.93. The van der Waals surface area contributed by atoms with Gasteiger partial charge < -0.3 is 14.5 Å². The summed E-state index contributed by atoms with van der Waals surface area (Å²) in [6.07, 6.45) is 4.15. The van der Waals surface area contributed by atoms with Crippen molar-refractivity contribution in [1.29, 1.82) is 0 Å². The summed E-state index contributed by atoms with van der Waals surface area (Å²) in [6.45, 7) is 5.38. The van der Waals surface area contributed by atoms with Gasteiger partial charge >= 0.3 is 0 Å². The minimum absolute atomic E-state index is 0.0421. The van der Waals surface area contributed by atoms with Crippen LogP contribution in [0.15, 0.2) is 54.6 Å². The number of hydrogen-bond acceptors (Lipinski definition) is 3. The lowest BCUT2D eigenvalue weighted by molar-refractivity contribution is -0.136. The Morgan fingerprint density at radius 1 is 0.964 bits per heavy atom. The molecule has 1 unspecified atom stereocenters. The molecular formula is C24H30N2O2. The minimum atomic E-state index is -0.0421. The van der Waals surface area contributed by atoms with E-state index >= 15 is 0 Å². The van der Waals surface area contributed by atoms with Crippen LogP contribution in [0, 0.1) is 5.92 Å². The Morgan fingerprint density at radius 2 is 1.79 bits per heavy atom. The summed E-state index contributed by atoms with van der Waals surface area (Å²) in [5, 5.41) is 0. The molecule has 4 heteroatoms. The Bertz CT molecular complexity index is 777. The van der Waals surface area contributed by atoms with Gasteiger partial charge in [0.1, 0.15) is 12.4 Å². The lowest BCUT2D eigenvalue weighted by Crippen LogP contribution is -2.42. The number of benzene rings is 2. The van der Waals surface area contributed by atoms with Crippen LogP contribution >= 0.6 is 0 Å². The molecule has 4 nitrogen and oxygen atoms in total. The second kappa shape index (κ2) is 9.24. The highest BCUT2D eigenvalue weighted by Crippen LogP contribution is 2.28. The Hall–Kier alpha value is -2.33. The normalized spacial score (nSPS) is 20.1. The van der Waals surface area contributed by atoms with Crippen LogP contribution in [0.4, 0.5) is 0 Å². The van der Waals surface area contributed by atoms with Crippen molar-refractivity contribution in [2.24, 2.45) is 5.92 Å². The van der Waals surface area contributed by atoms with Gasteiger partial charge in [-0.1, -0.05) is 48.5 Å². The van der Waals surface area contributed by atoms with Crippen molar-refractivity contribution in [3.8, 4) is 5.75 Å². The van der Waals surface area contributed by atoms with Crippen molar-refractivity contribution in [3.63, 3.8) is 0 Å². The van der Waals surface area contributed by atoms with Gasteiger partial charge in [0.2, 0.25) is 5.91 Å². The van der Waals surface area contributed by atoms with Gasteiger partial charge in [-0.05, 0) is 56.0 Å². The molecule has 0 aliphatic carbocycles. The monoisotopic (exact) mass is 378 g/mol. The Morgan fingerprint density at radius 3 is 2.68 bits per heavy atom. The highest BCUT2D eigenvalue weighted by Gasteiger charge is 2.30. The maximum atomic E-state index is 13.0. The molecule has 0 spiro atoms. The first-order valence-electron chi connectivity index (χ1n) is 10.6. The molecule has 0 bridgehead atoms. The number of fused-ring (bicyclic) bond motifs is 1. The van der Waals surface area contributed by atoms with Crippen molar-refractivity contribution in [2.75, 3.05) is 39.3 Å². The zero-order chi connectivity index (χ0) is 19.2. The Labute approximate surface area is 168 Å². The fraction of sp³-hybridized carbons (Fsp3) is 0.458. The first-order valence-corrected chi connectivity index (χ1v) is 10.6. The molecule has 148 valence electrons. The Balaban J connectivity index is 1.25. The predicted octanol–water partition coefficient (Wildman–Crippen LogP) is 3.40. The van der Waals surface area contributed by atoms with E-state index in [1.165, 1.54) is 12.0 Å². The summed E-state index contributed by atoms with van der Waals surface area (Å²) in [4.78, 5) is 17.6. The quantitative estimate of drug-likeness (QED) is 0.799. The summed E-state index contributed by atoms with van der Waals surface area (Å²) in [6, 6.07) is 18.8. The highest BCUT2D eigenvalue weighted by atomic mass is 16.5. The van der Waals surface area contributed by atoms with Gasteiger partial charge in [0.25, 0.3) is 0 Å². The summed E-state index contributed by atoms with van der Waals surface area (Å²) >= 11 is 0. The lowest BCUT2D eigenvalue weighted by atomic mass is 9.95. The molecule has 2 aromatic rings. The van der Waals surface area contributed by atoms with Crippen molar-refractivity contribution < 1.29 is 9.53 Å². The van der Waals surface area contributed by atoms with Crippen LogP contribution in [0.2, 0.25) is 0 Å². The number of carbonyl (C=O) groups excluding carboxylic acids is 1. The molecular weight excluding hydrogens is 348 g/mol. The van der Waals surface area contributed by atoms with Gasteiger partial charge in [-0.15, -0.1) is 0 Å². The average molecular weight is 379 g/mol. The standard InChI is InChI=1S/C24H30N2O2/c27-24(22-18-21-11-4-5-12-23(21)28-19-22)26-15-7-14-25(16-17-26)13-6-10-20-8-2-1-3-9-20/h1-5,8-9,11-12,22H,6-7,10,13-19H2. The number of carbonyl (C=O) groups is 1. The van der Waals surface area contributed by atoms with Crippen molar-refractivity contribution in [2.45, 2.75) is 25.7 Å². The van der Waals surface area contributed by atoms with Crippen molar-refractivity contribution in [3.05, 3.63) is 65.7 Å². The number of amides is 1. The van der Waals surface area contributed by atoms with Gasteiger partial charge in [0, 0.05) is 19.6 Å². The fourth-order valence-electron chi connectivity index (χ4n) is 4.31. The third-order valence-corrected chi connectivity index (χ3v) is 5.91. The van der Waals surface area contributed by atoms with Crippen LogP contribution < -0.4 is 4.74 Å². The van der Waals surface area contributed by atoms with E-state index < -0.39 is 0 Å². The molecule has 1 fully saturated rings. The maximum Gasteiger partial charge on any atom is 0.229 e. The third kappa shape index (κ3) is 4.74. The molecule has 0 N–H and O–H groups in total. The molecule has 2 heterocycles. The fourth-order valence-corrected chi connectivity index (χ4v) is 4.31. The maximum absolute atomic E-state index is 13.0. The first-order chi connectivity index (χ1) is 13.8. The summed E-state index contributed by atoms with van der Waals surface area (Å²) < 4.78 is 5.84. The van der Waals surface area contributed by atoms with E-state index in [9.17, 15) is 4.79 Å². The molecule has 0 saturated carbocycles. The van der Waals surface area contributed by atoms with Crippen molar-refractivity contribution in [1.82, 2.24) is 9.80 Å². The van der Waals surface area contributed by atoms with Crippen LogP contribution in [0.3, 0.4) is 0 Å². The average Bonchev–Trinajstić information content (AvgIpc) is 2.99. The molecule has 4 rings (SSSR count). The van der Waals surface area contributed by atoms with E-state index in [0.717, 1.165) is 63.3 Å². The molecule has 2 aliphatic rings. The second-order valence-electron chi connectivity index (χ2n) is 7.93. The van der Waals surface area contributed by atoms with Crippen LogP contribution in [-0.2, 0) is 17.6 Å². The lowest BCUT2D eigenvalue weighted by Gasteiger charge is -2.29. The topological polar surface area (TPSA) is 32.8 Å². The van der Waals surface area contributed by atoms with Gasteiger partial charge in [-0.3, -0.25) is 4.79 Å². The number of ether oxygens (including phenoxy) is 1. The summed E-state index contributed by atoms with van der Waals surface area (Å²) in [5.41, 5.74) is 2.57. The van der Waals surface area contributed by atoms with Crippen molar-refractivity contribution >= 4 is 5.91 Å². The van der Waals surface area contributed by atoms with E-state index in [2.05, 4.69) is 46.2 Å². The van der Waals surface area contributed by atoms with Crippen LogP contribution in [0.1, 0.15) is 24.0 Å². The Kier molecular flexibility index (Phi) is 6.27. The largest absolute Gasteiger partial charge is 0.492 e. The van der Waals surface area contributed by atoms with Gasteiger partial charge in [-0.25, -0.2) is 0 Å². The molecule has 0 radical (unpaired) electrons. The van der Waals surface area contributed by atoms with Crippen LogP contribution in [0.5, 0.6) is 5.75 Å². The van der Waals surface area contributed by atoms with E-state index in [0.29, 0.717) is 6.61 Å². The SMILES string of the molecule is O=C(C1COc2ccccc2C1)N1CCCN(CCCc2ccccc2)CC1. The molecule has 1 saturated heterocycles. The first kappa shape index (κ1) is 19.0. The van der Waals surface area contributed by atoms with Crippen LogP contribution in [-0.4, -0.2) is 55.0 Å². The number of hydrogen-bond donors (Lipinski definition) is 0. The molecule has 1 atom stereocenters. The molecule has 1 amide bonds. The number of aryl methyl sites for hydroxylation is 1. The zero-order valence-electron chi connectivity index (χ0n) is 16.6. The predicted molar refractivity (Wildman–Crippen MR) is 112 cm³/mol.